The van der Waals surface area contributed by atoms with Gasteiger partial charge in [0.05, 0.1) is 0 Å². The molecule has 2 N–H and O–H groups in total. The molecule has 0 aromatic heterocycles. The number of piperidine rings is 1. The van der Waals surface area contributed by atoms with Gasteiger partial charge in [-0.2, -0.15) is 0 Å². The summed E-state index contributed by atoms with van der Waals surface area (Å²) in [5.74, 6) is -1.86. The van der Waals surface area contributed by atoms with Crippen molar-refractivity contribution in [2.45, 2.75) is 25.5 Å². The minimum atomic E-state index is -1.01. The maximum atomic E-state index is 13.5. The van der Waals surface area contributed by atoms with Crippen LogP contribution in [0.15, 0.2) is 48.5 Å². The van der Waals surface area contributed by atoms with E-state index in [-0.39, 0.29) is 17.7 Å². The number of halogens is 2. The Morgan fingerprint density at radius 2 is 1.96 bits per heavy atom. The van der Waals surface area contributed by atoms with Crippen LogP contribution < -0.4 is 15.4 Å². The smallest absolute Gasteiger partial charge is 0.266 e. The number of rotatable bonds is 5. The van der Waals surface area contributed by atoms with Gasteiger partial charge in [-0.25, -0.2) is 8.78 Å². The van der Waals surface area contributed by atoms with E-state index in [9.17, 15) is 13.6 Å². The average Bonchev–Trinajstić information content (AvgIpc) is 2.65. The Morgan fingerprint density at radius 1 is 1.19 bits per heavy atom. The van der Waals surface area contributed by atoms with Crippen LogP contribution >= 0.6 is 0 Å². The van der Waals surface area contributed by atoms with Crippen LogP contribution in [0.1, 0.15) is 25.0 Å². The minimum Gasteiger partial charge on any atom is -0.476 e. The molecule has 0 aliphatic carbocycles. The topological polar surface area (TPSA) is 50.4 Å². The molecule has 0 radical (unpaired) electrons. The summed E-state index contributed by atoms with van der Waals surface area (Å²) in [5.41, 5.74) is 0.649. The summed E-state index contributed by atoms with van der Waals surface area (Å²) in [6.07, 6.45) is -0.109. The van der Waals surface area contributed by atoms with E-state index in [1.165, 1.54) is 6.07 Å². The second kappa shape index (κ2) is 8.27. The number of nitrogens with one attached hydrogen (secondary N) is 2. The van der Waals surface area contributed by atoms with Gasteiger partial charge in [0.15, 0.2) is 11.6 Å². The number of carbonyl (C=O) groups is 1. The SMILES string of the molecule is CC1CNCCC1NC(=O)C(Oc1ccc(F)c(F)c1)c1ccccc1. The van der Waals surface area contributed by atoms with Crippen molar-refractivity contribution in [1.29, 1.82) is 0 Å². The Morgan fingerprint density at radius 3 is 2.65 bits per heavy atom. The van der Waals surface area contributed by atoms with Gasteiger partial charge in [-0.05, 0) is 37.6 Å². The lowest BCUT2D eigenvalue weighted by Gasteiger charge is -2.31. The first kappa shape index (κ1) is 18.3. The molecular weight excluding hydrogens is 338 g/mol. The highest BCUT2D eigenvalue weighted by atomic mass is 19.2. The first-order valence-electron chi connectivity index (χ1n) is 8.72. The van der Waals surface area contributed by atoms with Crippen molar-refractivity contribution in [3.8, 4) is 5.75 Å². The highest BCUT2D eigenvalue weighted by Gasteiger charge is 2.28. The number of hydrogen-bond donors (Lipinski definition) is 2. The quantitative estimate of drug-likeness (QED) is 0.861. The lowest BCUT2D eigenvalue weighted by molar-refractivity contribution is -0.129. The van der Waals surface area contributed by atoms with Crippen LogP contribution in [0.3, 0.4) is 0 Å². The molecule has 0 spiro atoms. The summed E-state index contributed by atoms with van der Waals surface area (Å²) in [6, 6.07) is 12.3. The van der Waals surface area contributed by atoms with Gasteiger partial charge in [-0.1, -0.05) is 37.3 Å². The van der Waals surface area contributed by atoms with Crippen LogP contribution in [0.4, 0.5) is 8.78 Å². The zero-order valence-corrected chi connectivity index (χ0v) is 14.5. The van der Waals surface area contributed by atoms with E-state index >= 15 is 0 Å². The highest BCUT2D eigenvalue weighted by molar-refractivity contribution is 5.83. The molecule has 1 amide bonds. The molecule has 2 aromatic carbocycles. The summed E-state index contributed by atoms with van der Waals surface area (Å²) in [6.45, 7) is 3.76. The fourth-order valence-electron chi connectivity index (χ4n) is 3.07. The fraction of sp³-hybridized carbons (Fsp3) is 0.350. The zero-order chi connectivity index (χ0) is 18.5. The summed E-state index contributed by atoms with van der Waals surface area (Å²) in [5, 5.41) is 6.33. The fourth-order valence-corrected chi connectivity index (χ4v) is 3.07. The molecule has 26 heavy (non-hydrogen) atoms. The molecule has 1 heterocycles. The van der Waals surface area contributed by atoms with Gasteiger partial charge in [0, 0.05) is 17.7 Å². The molecule has 6 heteroatoms. The number of benzene rings is 2. The molecule has 2 aromatic rings. The second-order valence-corrected chi connectivity index (χ2v) is 6.57. The number of amides is 1. The lowest BCUT2D eigenvalue weighted by Crippen LogP contribution is -2.50. The van der Waals surface area contributed by atoms with Gasteiger partial charge in [0.2, 0.25) is 6.10 Å². The number of ether oxygens (including phenoxy) is 1. The van der Waals surface area contributed by atoms with E-state index in [4.69, 9.17) is 4.74 Å². The maximum Gasteiger partial charge on any atom is 0.266 e. The Balaban J connectivity index is 1.81. The van der Waals surface area contributed by atoms with Gasteiger partial charge < -0.3 is 15.4 Å². The molecular formula is C20H22F2N2O2. The number of carbonyl (C=O) groups excluding carboxylic acids is 1. The van der Waals surface area contributed by atoms with Crippen molar-refractivity contribution in [3.05, 3.63) is 65.7 Å². The molecule has 3 atom stereocenters. The Kier molecular flexibility index (Phi) is 5.83. The standard InChI is InChI=1S/C20H22F2N2O2/c1-13-12-23-10-9-18(13)24-20(25)19(14-5-3-2-4-6-14)26-15-7-8-16(21)17(22)11-15/h2-8,11,13,18-19,23H,9-10,12H2,1H3,(H,24,25). The zero-order valence-electron chi connectivity index (χ0n) is 14.5. The summed E-state index contributed by atoms with van der Waals surface area (Å²) in [7, 11) is 0. The van der Waals surface area contributed by atoms with Crippen molar-refractivity contribution in [1.82, 2.24) is 10.6 Å². The van der Waals surface area contributed by atoms with Crippen LogP contribution in [0.2, 0.25) is 0 Å². The minimum absolute atomic E-state index is 0.0449. The van der Waals surface area contributed by atoms with Crippen molar-refractivity contribution < 1.29 is 18.3 Å². The first-order valence-corrected chi connectivity index (χ1v) is 8.72. The first-order chi connectivity index (χ1) is 12.5. The van der Waals surface area contributed by atoms with Gasteiger partial charge in [-0.15, -0.1) is 0 Å². The van der Waals surface area contributed by atoms with Crippen molar-refractivity contribution in [2.75, 3.05) is 13.1 Å². The largest absolute Gasteiger partial charge is 0.476 e. The van der Waals surface area contributed by atoms with Crippen molar-refractivity contribution in [2.24, 2.45) is 5.92 Å². The van der Waals surface area contributed by atoms with Crippen LogP contribution in [0.5, 0.6) is 5.75 Å². The summed E-state index contributed by atoms with van der Waals surface area (Å²) >= 11 is 0. The summed E-state index contributed by atoms with van der Waals surface area (Å²) < 4.78 is 32.4. The molecule has 138 valence electrons. The molecule has 1 aliphatic heterocycles. The molecule has 1 fully saturated rings. The van der Waals surface area contributed by atoms with E-state index in [1.807, 2.05) is 6.07 Å². The van der Waals surface area contributed by atoms with Gasteiger partial charge in [0.1, 0.15) is 5.75 Å². The molecule has 3 rings (SSSR count). The molecule has 1 aliphatic rings. The van der Waals surface area contributed by atoms with Crippen LogP contribution in [0, 0.1) is 17.6 Å². The third-order valence-corrected chi connectivity index (χ3v) is 4.60. The lowest BCUT2D eigenvalue weighted by atomic mass is 9.95. The Labute approximate surface area is 151 Å². The second-order valence-electron chi connectivity index (χ2n) is 6.57. The highest BCUT2D eigenvalue weighted by Crippen LogP contribution is 2.25. The van der Waals surface area contributed by atoms with E-state index in [0.29, 0.717) is 11.5 Å². The van der Waals surface area contributed by atoms with Crippen molar-refractivity contribution >= 4 is 5.91 Å². The third-order valence-electron chi connectivity index (χ3n) is 4.60. The van der Waals surface area contributed by atoms with E-state index < -0.39 is 17.7 Å². The monoisotopic (exact) mass is 360 g/mol. The van der Waals surface area contributed by atoms with Crippen LogP contribution in [-0.4, -0.2) is 25.0 Å². The molecule has 0 saturated carbocycles. The van der Waals surface area contributed by atoms with Gasteiger partial charge >= 0.3 is 0 Å². The third kappa shape index (κ3) is 4.38. The van der Waals surface area contributed by atoms with E-state index in [2.05, 4.69) is 17.6 Å². The van der Waals surface area contributed by atoms with Crippen LogP contribution in [-0.2, 0) is 4.79 Å². The molecule has 0 bridgehead atoms. The maximum absolute atomic E-state index is 13.5. The van der Waals surface area contributed by atoms with E-state index in [1.54, 1.807) is 24.3 Å². The van der Waals surface area contributed by atoms with E-state index in [0.717, 1.165) is 31.6 Å². The Bertz CT molecular complexity index is 755. The Hall–Kier alpha value is -2.47. The van der Waals surface area contributed by atoms with Crippen molar-refractivity contribution in [3.63, 3.8) is 0 Å². The predicted octanol–water partition coefficient (Wildman–Crippen LogP) is 3.20. The van der Waals surface area contributed by atoms with Gasteiger partial charge in [-0.3, -0.25) is 4.79 Å². The average molecular weight is 360 g/mol. The van der Waals surface area contributed by atoms with Crippen LogP contribution in [0.25, 0.3) is 0 Å². The predicted molar refractivity (Wildman–Crippen MR) is 94.8 cm³/mol. The molecule has 4 nitrogen and oxygen atoms in total. The normalized spacial score (nSPS) is 21.0. The van der Waals surface area contributed by atoms with Gasteiger partial charge in [0.25, 0.3) is 5.91 Å². The molecule has 3 unspecified atom stereocenters. The molecule has 1 saturated heterocycles. The number of hydrogen-bond acceptors (Lipinski definition) is 3. The summed E-state index contributed by atoms with van der Waals surface area (Å²) in [4.78, 5) is 12.9.